The average Bonchev–Trinajstić information content (AvgIpc) is 2.63. The number of benzene rings is 2. The van der Waals surface area contributed by atoms with E-state index in [-0.39, 0.29) is 6.03 Å². The molecule has 0 unspecified atom stereocenters. The number of carbonyl (C=O) groups excluding carboxylic acids is 1. The third-order valence-corrected chi connectivity index (χ3v) is 3.43. The average molecular weight is 334 g/mol. The second kappa shape index (κ2) is 7.92. The Bertz CT molecular complexity index is 825. The van der Waals surface area contributed by atoms with Crippen LogP contribution < -0.4 is 10.1 Å². The minimum absolute atomic E-state index is 0.234. The fraction of sp³-hybridized carbons (Fsp3) is 0.105. The summed E-state index contributed by atoms with van der Waals surface area (Å²) in [6.45, 7) is 0.375. The van der Waals surface area contributed by atoms with Gasteiger partial charge in [0, 0.05) is 31.2 Å². The number of nitrogens with one attached hydrogen (secondary N) is 1. The van der Waals surface area contributed by atoms with Gasteiger partial charge in [0.2, 0.25) is 0 Å². The third-order valence-electron chi connectivity index (χ3n) is 3.43. The predicted octanol–water partition coefficient (Wildman–Crippen LogP) is 3.93. The van der Waals surface area contributed by atoms with Gasteiger partial charge in [-0.3, -0.25) is 9.97 Å². The van der Waals surface area contributed by atoms with Crippen molar-refractivity contribution in [1.29, 1.82) is 0 Å². The normalized spacial score (nSPS) is 10.1. The molecule has 0 saturated carbocycles. The molecule has 6 nitrogen and oxygen atoms in total. The van der Waals surface area contributed by atoms with E-state index in [0.717, 1.165) is 11.4 Å². The molecule has 3 rings (SSSR count). The van der Waals surface area contributed by atoms with Gasteiger partial charge in [0.15, 0.2) is 0 Å². The summed E-state index contributed by atoms with van der Waals surface area (Å²) in [5.74, 6) is 1.39. The highest BCUT2D eigenvalue weighted by atomic mass is 16.5. The summed E-state index contributed by atoms with van der Waals surface area (Å²) in [7, 11) is 1.70. The fourth-order valence-electron chi connectivity index (χ4n) is 2.21. The van der Waals surface area contributed by atoms with E-state index < -0.39 is 0 Å². The third kappa shape index (κ3) is 4.78. The summed E-state index contributed by atoms with van der Waals surface area (Å²) in [5.41, 5.74) is 1.38. The van der Waals surface area contributed by atoms with Crippen LogP contribution in [0.5, 0.6) is 11.5 Å². The van der Waals surface area contributed by atoms with Crippen LogP contribution in [-0.2, 0) is 6.54 Å². The zero-order valence-electron chi connectivity index (χ0n) is 13.8. The molecule has 2 aromatic carbocycles. The zero-order valence-corrected chi connectivity index (χ0v) is 13.8. The van der Waals surface area contributed by atoms with Crippen molar-refractivity contribution in [3.8, 4) is 11.5 Å². The van der Waals surface area contributed by atoms with Crippen LogP contribution in [0.3, 0.4) is 0 Å². The van der Waals surface area contributed by atoms with E-state index in [0.29, 0.717) is 18.0 Å². The van der Waals surface area contributed by atoms with Gasteiger partial charge in [-0.1, -0.05) is 24.3 Å². The summed E-state index contributed by atoms with van der Waals surface area (Å²) in [5, 5.41) is 2.85. The van der Waals surface area contributed by atoms with E-state index in [9.17, 15) is 4.79 Å². The predicted molar refractivity (Wildman–Crippen MR) is 95.5 cm³/mol. The van der Waals surface area contributed by atoms with Gasteiger partial charge in [0.25, 0.3) is 0 Å². The maximum absolute atomic E-state index is 12.3. The van der Waals surface area contributed by atoms with Gasteiger partial charge in [-0.05, 0) is 24.3 Å². The smallest absolute Gasteiger partial charge is 0.321 e. The van der Waals surface area contributed by atoms with Crippen molar-refractivity contribution in [3.63, 3.8) is 0 Å². The Morgan fingerprint density at radius 2 is 1.88 bits per heavy atom. The first-order valence-corrected chi connectivity index (χ1v) is 7.81. The van der Waals surface area contributed by atoms with Crippen molar-refractivity contribution in [1.82, 2.24) is 14.9 Å². The molecule has 1 aromatic heterocycles. The van der Waals surface area contributed by atoms with Gasteiger partial charge in [-0.2, -0.15) is 0 Å². The Morgan fingerprint density at radius 3 is 2.64 bits per heavy atom. The lowest BCUT2D eigenvalue weighted by molar-refractivity contribution is 0.220. The van der Waals surface area contributed by atoms with Gasteiger partial charge in [-0.25, -0.2) is 4.79 Å². The molecule has 126 valence electrons. The monoisotopic (exact) mass is 334 g/mol. The molecule has 0 saturated heterocycles. The molecule has 0 bridgehead atoms. The molecule has 3 aromatic rings. The standard InChI is InChI=1S/C19H18N4O2/c1-23(14-16-13-20-10-11-21-16)19(24)22-15-6-5-9-18(12-15)25-17-7-3-2-4-8-17/h2-13H,14H2,1H3,(H,22,24). The summed E-state index contributed by atoms with van der Waals surface area (Å²) in [6.07, 6.45) is 4.84. The first-order valence-electron chi connectivity index (χ1n) is 7.81. The molecular formula is C19H18N4O2. The quantitative estimate of drug-likeness (QED) is 0.767. The zero-order chi connectivity index (χ0) is 17.5. The fourth-order valence-corrected chi connectivity index (χ4v) is 2.21. The van der Waals surface area contributed by atoms with Crippen molar-refractivity contribution >= 4 is 11.7 Å². The van der Waals surface area contributed by atoms with Gasteiger partial charge in [-0.15, -0.1) is 0 Å². The second-order valence-electron chi connectivity index (χ2n) is 5.43. The second-order valence-corrected chi connectivity index (χ2v) is 5.43. The van der Waals surface area contributed by atoms with Crippen LogP contribution in [0.2, 0.25) is 0 Å². The minimum Gasteiger partial charge on any atom is -0.457 e. The largest absolute Gasteiger partial charge is 0.457 e. The first-order chi connectivity index (χ1) is 12.2. The Hall–Kier alpha value is -3.41. The van der Waals surface area contributed by atoms with Gasteiger partial charge < -0.3 is 15.0 Å². The highest BCUT2D eigenvalue weighted by molar-refractivity contribution is 5.89. The molecule has 0 spiro atoms. The van der Waals surface area contributed by atoms with Crippen LogP contribution in [0.25, 0.3) is 0 Å². The lowest BCUT2D eigenvalue weighted by atomic mass is 10.3. The molecule has 25 heavy (non-hydrogen) atoms. The molecule has 0 aliphatic heterocycles. The summed E-state index contributed by atoms with van der Waals surface area (Å²) < 4.78 is 5.77. The summed E-state index contributed by atoms with van der Waals surface area (Å²) in [6, 6.07) is 16.5. The topological polar surface area (TPSA) is 67.4 Å². The molecule has 0 atom stereocenters. The van der Waals surface area contributed by atoms with Crippen LogP contribution in [-0.4, -0.2) is 27.9 Å². The van der Waals surface area contributed by atoms with E-state index in [1.807, 2.05) is 48.5 Å². The number of hydrogen-bond donors (Lipinski definition) is 1. The maximum atomic E-state index is 12.3. The highest BCUT2D eigenvalue weighted by Gasteiger charge is 2.10. The number of ether oxygens (including phenoxy) is 1. The van der Waals surface area contributed by atoms with E-state index in [1.165, 1.54) is 4.90 Å². The van der Waals surface area contributed by atoms with Gasteiger partial charge in [0.05, 0.1) is 18.4 Å². The Balaban J connectivity index is 1.62. The number of rotatable bonds is 5. The number of hydrogen-bond acceptors (Lipinski definition) is 4. The van der Waals surface area contributed by atoms with Crippen molar-refractivity contribution in [2.75, 3.05) is 12.4 Å². The number of urea groups is 1. The highest BCUT2D eigenvalue weighted by Crippen LogP contribution is 2.24. The van der Waals surface area contributed by atoms with Crippen LogP contribution >= 0.6 is 0 Å². The van der Waals surface area contributed by atoms with E-state index >= 15 is 0 Å². The van der Waals surface area contributed by atoms with E-state index in [2.05, 4.69) is 15.3 Å². The number of aromatic nitrogens is 2. The number of anilines is 1. The Morgan fingerprint density at radius 1 is 1.08 bits per heavy atom. The molecule has 0 aliphatic rings. The number of para-hydroxylation sites is 1. The van der Waals surface area contributed by atoms with Crippen LogP contribution in [0.15, 0.2) is 73.2 Å². The van der Waals surface area contributed by atoms with Gasteiger partial charge >= 0.3 is 6.03 Å². The summed E-state index contributed by atoms with van der Waals surface area (Å²) >= 11 is 0. The molecule has 1 N–H and O–H groups in total. The Kier molecular flexibility index (Phi) is 5.21. The maximum Gasteiger partial charge on any atom is 0.321 e. The Labute approximate surface area is 146 Å². The molecule has 0 fully saturated rings. The number of amides is 2. The lowest BCUT2D eigenvalue weighted by Crippen LogP contribution is -2.31. The molecule has 0 radical (unpaired) electrons. The minimum atomic E-state index is -0.234. The van der Waals surface area contributed by atoms with Crippen molar-refractivity contribution in [2.45, 2.75) is 6.54 Å². The number of nitrogens with zero attached hydrogens (tertiary/aromatic N) is 3. The van der Waals surface area contributed by atoms with Crippen LogP contribution in [0.4, 0.5) is 10.5 Å². The molecular weight excluding hydrogens is 316 g/mol. The van der Waals surface area contributed by atoms with Crippen LogP contribution in [0, 0.1) is 0 Å². The lowest BCUT2D eigenvalue weighted by Gasteiger charge is -2.17. The molecule has 6 heteroatoms. The van der Waals surface area contributed by atoms with E-state index in [4.69, 9.17) is 4.74 Å². The van der Waals surface area contributed by atoms with Crippen molar-refractivity contribution in [3.05, 3.63) is 78.9 Å². The van der Waals surface area contributed by atoms with Crippen molar-refractivity contribution in [2.24, 2.45) is 0 Å². The number of carbonyl (C=O) groups is 1. The molecule has 1 heterocycles. The van der Waals surface area contributed by atoms with Crippen molar-refractivity contribution < 1.29 is 9.53 Å². The SMILES string of the molecule is CN(Cc1cnccn1)C(=O)Nc1cccc(Oc2ccccc2)c1. The summed E-state index contributed by atoms with van der Waals surface area (Å²) in [4.78, 5) is 22.0. The molecule has 0 aliphatic carbocycles. The van der Waals surface area contributed by atoms with E-state index in [1.54, 1.807) is 31.7 Å². The molecule has 2 amide bonds. The first kappa shape index (κ1) is 16.4. The van der Waals surface area contributed by atoms with Crippen LogP contribution in [0.1, 0.15) is 5.69 Å². The van der Waals surface area contributed by atoms with Gasteiger partial charge in [0.1, 0.15) is 11.5 Å².